The molecule has 1 fully saturated rings. The van der Waals surface area contributed by atoms with Crippen LogP contribution in [0.25, 0.3) is 0 Å². The lowest BCUT2D eigenvalue weighted by molar-refractivity contribution is -0.143. The molecule has 3 unspecified atom stereocenters. The molecule has 0 amide bonds. The zero-order chi connectivity index (χ0) is 12.4. The van der Waals surface area contributed by atoms with Crippen molar-refractivity contribution in [1.29, 1.82) is 0 Å². The number of likely N-dealkylation sites (N-methyl/N-ethyl adjacent to an activating group) is 1. The molecule has 5 nitrogen and oxygen atoms in total. The standard InChI is InChI=1S/C11H16N2O3S/c1-7(9-5-17-6-12-9)13(2)10-4-16-3-8(10)11(14)15/h5-8,10H,3-4H2,1-2H3,(H,14,15). The second-order valence-electron chi connectivity index (χ2n) is 4.30. The Balaban J connectivity index is 2.09. The summed E-state index contributed by atoms with van der Waals surface area (Å²) in [7, 11) is 1.93. The van der Waals surface area contributed by atoms with Crippen molar-refractivity contribution in [2.45, 2.75) is 19.0 Å². The molecule has 0 aromatic carbocycles. The van der Waals surface area contributed by atoms with E-state index >= 15 is 0 Å². The molecule has 1 aliphatic rings. The van der Waals surface area contributed by atoms with Gasteiger partial charge >= 0.3 is 5.97 Å². The van der Waals surface area contributed by atoms with Gasteiger partial charge < -0.3 is 9.84 Å². The average Bonchev–Trinajstić information content (AvgIpc) is 2.97. The van der Waals surface area contributed by atoms with Crippen LogP contribution in [0.5, 0.6) is 0 Å². The molecule has 1 aromatic heterocycles. The van der Waals surface area contributed by atoms with Crippen LogP contribution in [0, 0.1) is 5.92 Å². The van der Waals surface area contributed by atoms with Crippen LogP contribution in [-0.2, 0) is 9.53 Å². The maximum Gasteiger partial charge on any atom is 0.310 e. The van der Waals surface area contributed by atoms with Gasteiger partial charge in [-0.25, -0.2) is 4.98 Å². The highest BCUT2D eigenvalue weighted by atomic mass is 32.1. The summed E-state index contributed by atoms with van der Waals surface area (Å²) in [4.78, 5) is 17.4. The Kier molecular flexibility index (Phi) is 3.76. The Morgan fingerprint density at radius 1 is 1.71 bits per heavy atom. The normalized spacial score (nSPS) is 26.3. The van der Waals surface area contributed by atoms with Crippen molar-refractivity contribution in [1.82, 2.24) is 9.88 Å². The van der Waals surface area contributed by atoms with Crippen molar-refractivity contribution in [3.05, 3.63) is 16.6 Å². The van der Waals surface area contributed by atoms with Crippen LogP contribution in [0.1, 0.15) is 18.7 Å². The second-order valence-corrected chi connectivity index (χ2v) is 5.02. The number of nitrogens with zero attached hydrogens (tertiary/aromatic N) is 2. The summed E-state index contributed by atoms with van der Waals surface area (Å²) < 4.78 is 5.28. The number of carboxylic acid groups (broad SMARTS) is 1. The molecule has 1 aromatic rings. The number of ether oxygens (including phenoxy) is 1. The molecule has 6 heteroatoms. The van der Waals surface area contributed by atoms with Crippen LogP contribution in [0.3, 0.4) is 0 Å². The van der Waals surface area contributed by atoms with Crippen molar-refractivity contribution in [2.75, 3.05) is 20.3 Å². The fraction of sp³-hybridized carbons (Fsp3) is 0.636. The second kappa shape index (κ2) is 5.12. The van der Waals surface area contributed by atoms with Gasteiger partial charge in [0.05, 0.1) is 36.4 Å². The molecule has 3 atom stereocenters. The Hall–Kier alpha value is -0.980. The summed E-state index contributed by atoms with van der Waals surface area (Å²) in [5, 5.41) is 11.1. The smallest absolute Gasteiger partial charge is 0.310 e. The first-order chi connectivity index (χ1) is 8.11. The van der Waals surface area contributed by atoms with Crippen LogP contribution in [0.15, 0.2) is 10.9 Å². The van der Waals surface area contributed by atoms with Crippen molar-refractivity contribution >= 4 is 17.3 Å². The summed E-state index contributed by atoms with van der Waals surface area (Å²) in [6.45, 7) is 2.81. The summed E-state index contributed by atoms with van der Waals surface area (Å²) in [5.74, 6) is -1.23. The lowest BCUT2D eigenvalue weighted by Crippen LogP contribution is -2.42. The van der Waals surface area contributed by atoms with Crippen molar-refractivity contribution < 1.29 is 14.6 Å². The first kappa shape index (κ1) is 12.5. The number of thiazole rings is 1. The van der Waals surface area contributed by atoms with Gasteiger partial charge in [-0.1, -0.05) is 0 Å². The molecule has 0 aliphatic carbocycles. The molecule has 2 heterocycles. The molecule has 1 N–H and O–H groups in total. The summed E-state index contributed by atoms with van der Waals surface area (Å²) in [6, 6.07) is 0.0269. The van der Waals surface area contributed by atoms with E-state index in [0.29, 0.717) is 13.2 Å². The number of rotatable bonds is 4. The van der Waals surface area contributed by atoms with E-state index in [0.717, 1.165) is 5.69 Å². The summed E-state index contributed by atoms with van der Waals surface area (Å²) in [5.41, 5.74) is 2.77. The number of hydrogen-bond acceptors (Lipinski definition) is 5. The molecule has 0 spiro atoms. The van der Waals surface area contributed by atoms with E-state index in [1.807, 2.05) is 24.3 Å². The fourth-order valence-corrected chi connectivity index (χ4v) is 2.74. The lowest BCUT2D eigenvalue weighted by Gasteiger charge is -2.30. The third-order valence-electron chi connectivity index (χ3n) is 3.38. The highest BCUT2D eigenvalue weighted by molar-refractivity contribution is 7.07. The number of hydrogen-bond donors (Lipinski definition) is 1. The van der Waals surface area contributed by atoms with Gasteiger partial charge in [-0.2, -0.15) is 0 Å². The van der Waals surface area contributed by atoms with E-state index in [2.05, 4.69) is 4.98 Å². The fourth-order valence-electron chi connectivity index (χ4n) is 2.10. The molecule has 94 valence electrons. The molecular weight excluding hydrogens is 240 g/mol. The number of aliphatic carboxylic acids is 1. The van der Waals surface area contributed by atoms with Crippen molar-refractivity contribution in [2.24, 2.45) is 5.92 Å². The maximum atomic E-state index is 11.1. The number of carbonyl (C=O) groups is 1. The molecule has 0 bridgehead atoms. The summed E-state index contributed by atoms with van der Waals surface area (Å²) >= 11 is 1.55. The monoisotopic (exact) mass is 256 g/mol. The molecule has 17 heavy (non-hydrogen) atoms. The van der Waals surface area contributed by atoms with Gasteiger partial charge in [0, 0.05) is 11.4 Å². The molecule has 1 aliphatic heterocycles. The first-order valence-corrected chi connectivity index (χ1v) is 6.46. The lowest BCUT2D eigenvalue weighted by atomic mass is 10.0. The van der Waals surface area contributed by atoms with E-state index < -0.39 is 11.9 Å². The third-order valence-corrected chi connectivity index (χ3v) is 3.99. The summed E-state index contributed by atoms with van der Waals surface area (Å²) in [6.07, 6.45) is 0. The van der Waals surface area contributed by atoms with Crippen LogP contribution in [0.4, 0.5) is 0 Å². The van der Waals surface area contributed by atoms with Gasteiger partial charge in [-0.05, 0) is 14.0 Å². The van der Waals surface area contributed by atoms with Gasteiger partial charge in [-0.3, -0.25) is 9.69 Å². The zero-order valence-electron chi connectivity index (χ0n) is 9.87. The quantitative estimate of drug-likeness (QED) is 0.878. The highest BCUT2D eigenvalue weighted by Gasteiger charge is 2.38. The van der Waals surface area contributed by atoms with Gasteiger partial charge in [0.25, 0.3) is 0 Å². The van der Waals surface area contributed by atoms with E-state index in [4.69, 9.17) is 9.84 Å². The minimum Gasteiger partial charge on any atom is -0.481 e. The predicted octanol–water partition coefficient (Wildman–Crippen LogP) is 1.24. The zero-order valence-corrected chi connectivity index (χ0v) is 10.7. The molecule has 0 radical (unpaired) electrons. The minimum atomic E-state index is -0.787. The maximum absolute atomic E-state index is 11.1. The van der Waals surface area contributed by atoms with E-state index in [1.165, 1.54) is 0 Å². The molecule has 0 saturated carbocycles. The van der Waals surface area contributed by atoms with Gasteiger partial charge in [0.15, 0.2) is 0 Å². The Morgan fingerprint density at radius 3 is 3.06 bits per heavy atom. The van der Waals surface area contributed by atoms with E-state index in [9.17, 15) is 4.79 Å². The van der Waals surface area contributed by atoms with Crippen LogP contribution < -0.4 is 0 Å². The van der Waals surface area contributed by atoms with Crippen molar-refractivity contribution in [3.63, 3.8) is 0 Å². The SMILES string of the molecule is CC(c1cscn1)N(C)C1COCC1C(=O)O. The highest BCUT2D eigenvalue weighted by Crippen LogP contribution is 2.27. The Bertz CT molecular complexity index is 382. The van der Waals surface area contributed by atoms with E-state index in [1.54, 1.807) is 16.8 Å². The number of carboxylic acids is 1. The molecular formula is C11H16N2O3S. The number of aromatic nitrogens is 1. The largest absolute Gasteiger partial charge is 0.481 e. The topological polar surface area (TPSA) is 62.7 Å². The van der Waals surface area contributed by atoms with Crippen molar-refractivity contribution in [3.8, 4) is 0 Å². The van der Waals surface area contributed by atoms with Crippen LogP contribution in [0.2, 0.25) is 0 Å². The molecule has 1 saturated heterocycles. The molecule has 2 rings (SSSR count). The van der Waals surface area contributed by atoms with E-state index in [-0.39, 0.29) is 12.1 Å². The average molecular weight is 256 g/mol. The van der Waals surface area contributed by atoms with Crippen LogP contribution in [-0.4, -0.2) is 47.3 Å². The van der Waals surface area contributed by atoms with Gasteiger partial charge in [0.1, 0.15) is 0 Å². The Morgan fingerprint density at radius 2 is 2.47 bits per heavy atom. The predicted molar refractivity (Wildman–Crippen MR) is 64.0 cm³/mol. The minimum absolute atomic E-state index is 0.0794. The first-order valence-electron chi connectivity index (χ1n) is 5.52. The Labute approximate surface area is 104 Å². The third kappa shape index (κ3) is 2.48. The van der Waals surface area contributed by atoms with Gasteiger partial charge in [0.2, 0.25) is 0 Å². The van der Waals surface area contributed by atoms with Crippen LogP contribution >= 0.6 is 11.3 Å². The van der Waals surface area contributed by atoms with Gasteiger partial charge in [-0.15, -0.1) is 11.3 Å².